The van der Waals surface area contributed by atoms with Crippen molar-refractivity contribution in [1.29, 1.82) is 0 Å². The zero-order valence-corrected chi connectivity index (χ0v) is 12.6. The van der Waals surface area contributed by atoms with E-state index in [9.17, 15) is 4.79 Å². The van der Waals surface area contributed by atoms with Crippen molar-refractivity contribution in [2.45, 2.75) is 34.1 Å². The smallest absolute Gasteiger partial charge is 0.231 e. The molecule has 104 valence electrons. The van der Waals surface area contributed by atoms with Crippen LogP contribution in [0.15, 0.2) is 6.07 Å². The van der Waals surface area contributed by atoms with E-state index in [-0.39, 0.29) is 11.8 Å². The van der Waals surface area contributed by atoms with Gasteiger partial charge in [0, 0.05) is 19.3 Å². The van der Waals surface area contributed by atoms with Gasteiger partial charge in [0.1, 0.15) is 0 Å². The van der Waals surface area contributed by atoms with Gasteiger partial charge in [-0.1, -0.05) is 6.07 Å². The van der Waals surface area contributed by atoms with Gasteiger partial charge >= 0.3 is 0 Å². The number of hydrogen-bond acceptors (Lipinski definition) is 2. The molecule has 1 saturated heterocycles. The lowest BCUT2D eigenvalue weighted by atomic mass is 9.97. The maximum atomic E-state index is 12.6. The zero-order chi connectivity index (χ0) is 14.2. The minimum atomic E-state index is 0.129. The Morgan fingerprint density at radius 1 is 1.21 bits per heavy atom. The number of rotatable bonds is 2. The number of amides is 1. The summed E-state index contributed by atoms with van der Waals surface area (Å²) in [6.45, 7) is 10.2. The molecule has 1 amide bonds. The fourth-order valence-corrected chi connectivity index (χ4v) is 2.95. The van der Waals surface area contributed by atoms with Crippen LogP contribution in [-0.2, 0) is 4.79 Å². The molecule has 1 aromatic rings. The Morgan fingerprint density at radius 3 is 2.26 bits per heavy atom. The maximum absolute atomic E-state index is 12.6. The third-order valence-corrected chi connectivity index (χ3v) is 4.40. The quantitative estimate of drug-likeness (QED) is 0.886. The average Bonchev–Trinajstić information content (AvgIpc) is 2.89. The molecule has 0 aromatic heterocycles. The van der Waals surface area contributed by atoms with Crippen molar-refractivity contribution in [3.05, 3.63) is 28.3 Å². The van der Waals surface area contributed by atoms with E-state index in [1.807, 2.05) is 11.9 Å². The molecule has 1 aliphatic heterocycles. The van der Waals surface area contributed by atoms with Gasteiger partial charge in [0.2, 0.25) is 5.91 Å². The predicted molar refractivity (Wildman–Crippen MR) is 79.8 cm³/mol. The molecule has 3 nitrogen and oxygen atoms in total. The second kappa shape index (κ2) is 5.33. The van der Waals surface area contributed by atoms with Crippen LogP contribution in [0.1, 0.15) is 28.7 Å². The first kappa shape index (κ1) is 14.1. The molecule has 1 fully saturated rings. The van der Waals surface area contributed by atoms with Gasteiger partial charge in [0.25, 0.3) is 0 Å². The largest absolute Gasteiger partial charge is 0.316 e. The fraction of sp³-hybridized carbons (Fsp3) is 0.562. The van der Waals surface area contributed by atoms with Gasteiger partial charge in [-0.3, -0.25) is 4.79 Å². The summed E-state index contributed by atoms with van der Waals surface area (Å²) in [6, 6.07) is 2.20. The zero-order valence-electron chi connectivity index (χ0n) is 12.6. The SMILES string of the molecule is Cc1cc(C)c(C)c(N(C)C(=O)C2CCNC2)c1C. The van der Waals surface area contributed by atoms with Crippen molar-refractivity contribution in [3.8, 4) is 0 Å². The highest BCUT2D eigenvalue weighted by molar-refractivity contribution is 5.96. The Bertz CT molecular complexity index is 476. The van der Waals surface area contributed by atoms with Crippen molar-refractivity contribution < 1.29 is 4.79 Å². The standard InChI is InChI=1S/C16H24N2O/c1-10-8-11(2)13(4)15(12(10)3)18(5)16(19)14-6-7-17-9-14/h8,14,17H,6-7,9H2,1-5H3. The molecule has 0 radical (unpaired) electrons. The summed E-state index contributed by atoms with van der Waals surface area (Å²) < 4.78 is 0. The molecule has 1 atom stereocenters. The van der Waals surface area contributed by atoms with E-state index in [4.69, 9.17) is 0 Å². The summed E-state index contributed by atoms with van der Waals surface area (Å²) in [7, 11) is 1.91. The highest BCUT2D eigenvalue weighted by Gasteiger charge is 2.27. The van der Waals surface area contributed by atoms with Crippen LogP contribution in [-0.4, -0.2) is 26.0 Å². The molecule has 2 rings (SSSR count). The maximum Gasteiger partial charge on any atom is 0.231 e. The van der Waals surface area contributed by atoms with Gasteiger partial charge in [-0.25, -0.2) is 0 Å². The lowest BCUT2D eigenvalue weighted by molar-refractivity contribution is -0.121. The van der Waals surface area contributed by atoms with Crippen LogP contribution >= 0.6 is 0 Å². The molecule has 0 bridgehead atoms. The molecule has 0 spiro atoms. The van der Waals surface area contributed by atoms with Gasteiger partial charge in [-0.05, 0) is 62.9 Å². The van der Waals surface area contributed by atoms with Crippen LogP contribution in [0.5, 0.6) is 0 Å². The molecule has 1 unspecified atom stereocenters. The number of carbonyl (C=O) groups excluding carboxylic acids is 1. The van der Waals surface area contributed by atoms with Gasteiger partial charge in [-0.2, -0.15) is 0 Å². The first-order chi connectivity index (χ1) is 8.93. The van der Waals surface area contributed by atoms with Crippen molar-refractivity contribution in [3.63, 3.8) is 0 Å². The average molecular weight is 260 g/mol. The normalized spacial score (nSPS) is 18.7. The van der Waals surface area contributed by atoms with E-state index in [2.05, 4.69) is 39.1 Å². The number of aryl methyl sites for hydroxylation is 2. The number of hydrogen-bond donors (Lipinski definition) is 1. The highest BCUT2D eigenvalue weighted by Crippen LogP contribution is 2.30. The Balaban J connectivity index is 2.38. The van der Waals surface area contributed by atoms with Crippen LogP contribution in [0.4, 0.5) is 5.69 Å². The molecular weight excluding hydrogens is 236 g/mol. The van der Waals surface area contributed by atoms with E-state index >= 15 is 0 Å². The summed E-state index contributed by atoms with van der Waals surface area (Å²) in [4.78, 5) is 14.4. The minimum Gasteiger partial charge on any atom is -0.316 e. The van der Waals surface area contributed by atoms with Crippen LogP contribution < -0.4 is 10.2 Å². The second-order valence-electron chi connectivity index (χ2n) is 5.70. The van der Waals surface area contributed by atoms with Gasteiger partial charge in [-0.15, -0.1) is 0 Å². The first-order valence-electron chi connectivity index (χ1n) is 6.99. The van der Waals surface area contributed by atoms with Crippen LogP contribution in [0.3, 0.4) is 0 Å². The molecule has 19 heavy (non-hydrogen) atoms. The Morgan fingerprint density at radius 2 is 1.79 bits per heavy atom. The number of nitrogens with one attached hydrogen (secondary N) is 1. The fourth-order valence-electron chi connectivity index (χ4n) is 2.95. The lowest BCUT2D eigenvalue weighted by Crippen LogP contribution is -2.35. The summed E-state index contributed by atoms with van der Waals surface area (Å²) >= 11 is 0. The molecule has 1 aromatic carbocycles. The molecule has 3 heteroatoms. The Labute approximate surface area is 116 Å². The Kier molecular flexibility index (Phi) is 3.95. The molecule has 1 heterocycles. The number of nitrogens with zero attached hydrogens (tertiary/aromatic N) is 1. The van der Waals surface area contributed by atoms with Gasteiger partial charge in [0.15, 0.2) is 0 Å². The lowest BCUT2D eigenvalue weighted by Gasteiger charge is -2.26. The van der Waals surface area contributed by atoms with E-state index in [0.717, 1.165) is 25.2 Å². The summed E-state index contributed by atoms with van der Waals surface area (Å²) in [5.41, 5.74) is 6.02. The van der Waals surface area contributed by atoms with E-state index in [1.54, 1.807) is 0 Å². The van der Waals surface area contributed by atoms with Crippen LogP contribution in [0.2, 0.25) is 0 Å². The molecule has 0 aliphatic carbocycles. The minimum absolute atomic E-state index is 0.129. The summed E-state index contributed by atoms with van der Waals surface area (Å²) in [5.74, 6) is 0.366. The molecule has 1 N–H and O–H groups in total. The van der Waals surface area contributed by atoms with Crippen molar-refractivity contribution in [2.24, 2.45) is 5.92 Å². The van der Waals surface area contributed by atoms with Gasteiger partial charge in [0.05, 0.1) is 5.92 Å². The third kappa shape index (κ3) is 2.52. The van der Waals surface area contributed by atoms with Crippen molar-refractivity contribution in [1.82, 2.24) is 5.32 Å². The third-order valence-electron chi connectivity index (χ3n) is 4.40. The van der Waals surface area contributed by atoms with E-state index in [1.165, 1.54) is 22.3 Å². The van der Waals surface area contributed by atoms with Crippen LogP contribution in [0, 0.1) is 33.6 Å². The van der Waals surface area contributed by atoms with E-state index < -0.39 is 0 Å². The summed E-state index contributed by atoms with van der Waals surface area (Å²) in [5, 5.41) is 3.26. The molecular formula is C16H24N2O. The molecule has 1 aliphatic rings. The Hall–Kier alpha value is -1.35. The van der Waals surface area contributed by atoms with Crippen molar-refractivity contribution in [2.75, 3.05) is 25.0 Å². The van der Waals surface area contributed by atoms with Crippen molar-refractivity contribution >= 4 is 11.6 Å². The molecule has 0 saturated carbocycles. The number of anilines is 1. The summed E-state index contributed by atoms with van der Waals surface area (Å²) in [6.07, 6.45) is 0.950. The topological polar surface area (TPSA) is 32.3 Å². The number of benzene rings is 1. The van der Waals surface area contributed by atoms with Gasteiger partial charge < -0.3 is 10.2 Å². The number of carbonyl (C=O) groups is 1. The predicted octanol–water partition coefficient (Wildman–Crippen LogP) is 2.49. The monoisotopic (exact) mass is 260 g/mol. The highest BCUT2D eigenvalue weighted by atomic mass is 16.2. The van der Waals surface area contributed by atoms with E-state index in [0.29, 0.717) is 0 Å². The second-order valence-corrected chi connectivity index (χ2v) is 5.70. The first-order valence-corrected chi connectivity index (χ1v) is 6.99. The van der Waals surface area contributed by atoms with Crippen LogP contribution in [0.25, 0.3) is 0 Å².